The van der Waals surface area contributed by atoms with Crippen molar-refractivity contribution in [3.63, 3.8) is 0 Å². The van der Waals surface area contributed by atoms with E-state index in [1.54, 1.807) is 32.9 Å². The topological polar surface area (TPSA) is 74.6 Å². The highest BCUT2D eigenvalue weighted by atomic mass is 31.2. The van der Waals surface area contributed by atoms with Gasteiger partial charge in [-0.3, -0.25) is 9.36 Å². The van der Waals surface area contributed by atoms with Crippen LogP contribution in [0, 0.1) is 0 Å². The van der Waals surface area contributed by atoms with Crippen molar-refractivity contribution >= 4 is 19.5 Å². The number of alkyl halides is 2. The SMILES string of the molecule is CC(C)(C)c1c(CC(C/C=C/c2ccccc2)(C(=O)c2ccccc2)c2ccccc2)ccc(C(F)(F)P(=O)(O)O)c1C(C)(C)C. The molecular weight excluding hydrogens is 601 g/mol. The quantitative estimate of drug-likeness (QED) is 0.133. The zero-order valence-electron chi connectivity index (χ0n) is 27.3. The van der Waals surface area contributed by atoms with E-state index >= 15 is 8.78 Å². The number of rotatable bonds is 10. The van der Waals surface area contributed by atoms with Crippen molar-refractivity contribution in [1.82, 2.24) is 0 Å². The van der Waals surface area contributed by atoms with E-state index < -0.39 is 35.1 Å². The van der Waals surface area contributed by atoms with E-state index in [4.69, 9.17) is 0 Å². The Morgan fingerprint density at radius 1 is 0.717 bits per heavy atom. The van der Waals surface area contributed by atoms with E-state index in [2.05, 4.69) is 0 Å². The summed E-state index contributed by atoms with van der Waals surface area (Å²) in [4.78, 5) is 34.4. The van der Waals surface area contributed by atoms with Crippen LogP contribution in [0.1, 0.15) is 91.7 Å². The van der Waals surface area contributed by atoms with Crippen LogP contribution in [0.3, 0.4) is 0 Å². The summed E-state index contributed by atoms with van der Waals surface area (Å²) in [5.74, 6) is -0.112. The Labute approximate surface area is 271 Å². The van der Waals surface area contributed by atoms with Crippen LogP contribution in [-0.2, 0) is 32.9 Å². The predicted octanol–water partition coefficient (Wildman–Crippen LogP) is 9.98. The Bertz CT molecular complexity index is 1730. The second kappa shape index (κ2) is 13.2. The van der Waals surface area contributed by atoms with Gasteiger partial charge in [0.2, 0.25) is 0 Å². The first kappa shape index (κ1) is 35.2. The van der Waals surface area contributed by atoms with E-state index in [0.29, 0.717) is 23.1 Å². The third-order valence-electron chi connectivity index (χ3n) is 8.35. The molecule has 0 bridgehead atoms. The standard InChI is InChI=1S/C39H43F2O4P/c1-36(2,3)33-30(24-25-32(34(33)37(4,5)6)39(40,41)46(43,44)45)27-38(31-22-14-9-15-23-31,35(42)29-20-12-8-13-21-29)26-16-19-28-17-10-7-11-18-28/h7-25H,26-27H2,1-6H3,(H2,43,44,45)/b19-16+. The van der Waals surface area contributed by atoms with Gasteiger partial charge in [0.25, 0.3) is 0 Å². The van der Waals surface area contributed by atoms with E-state index in [-0.39, 0.29) is 17.8 Å². The Balaban J connectivity index is 2.07. The number of carbonyl (C=O) groups is 1. The Morgan fingerprint density at radius 2 is 1.22 bits per heavy atom. The van der Waals surface area contributed by atoms with Crippen molar-refractivity contribution in [2.45, 2.75) is 76.3 Å². The number of carbonyl (C=O) groups excluding carboxylic acids is 1. The molecule has 242 valence electrons. The Morgan fingerprint density at radius 3 is 1.72 bits per heavy atom. The molecule has 0 aliphatic rings. The summed E-state index contributed by atoms with van der Waals surface area (Å²) in [6, 6.07) is 31.0. The number of halogens is 2. The minimum Gasteiger partial charge on any atom is -0.320 e. The van der Waals surface area contributed by atoms with Crippen LogP contribution in [0.2, 0.25) is 0 Å². The first-order chi connectivity index (χ1) is 21.4. The van der Waals surface area contributed by atoms with Crippen LogP contribution in [0.5, 0.6) is 0 Å². The van der Waals surface area contributed by atoms with Gasteiger partial charge in [0.05, 0.1) is 5.41 Å². The van der Waals surface area contributed by atoms with Gasteiger partial charge in [-0.2, -0.15) is 8.78 Å². The average molecular weight is 645 g/mol. The highest BCUT2D eigenvalue weighted by molar-refractivity contribution is 7.52. The fourth-order valence-electron chi connectivity index (χ4n) is 6.34. The third-order valence-corrected chi connectivity index (χ3v) is 9.32. The highest BCUT2D eigenvalue weighted by Crippen LogP contribution is 2.61. The molecule has 2 N–H and O–H groups in total. The lowest BCUT2D eigenvalue weighted by Gasteiger charge is -2.39. The van der Waals surface area contributed by atoms with Gasteiger partial charge < -0.3 is 9.79 Å². The first-order valence-corrected chi connectivity index (χ1v) is 17.0. The van der Waals surface area contributed by atoms with Gasteiger partial charge >= 0.3 is 13.3 Å². The highest BCUT2D eigenvalue weighted by Gasteiger charge is 2.53. The molecule has 1 unspecified atom stereocenters. The van der Waals surface area contributed by atoms with Gasteiger partial charge in [0.15, 0.2) is 5.78 Å². The normalized spacial score (nSPS) is 14.3. The maximum atomic E-state index is 15.6. The fourth-order valence-corrected chi connectivity index (χ4v) is 6.84. The number of hydrogen-bond donors (Lipinski definition) is 2. The maximum absolute atomic E-state index is 15.6. The van der Waals surface area contributed by atoms with Gasteiger partial charge in [0.1, 0.15) is 0 Å². The van der Waals surface area contributed by atoms with Crippen LogP contribution >= 0.6 is 7.60 Å². The van der Waals surface area contributed by atoms with Crippen molar-refractivity contribution in [3.8, 4) is 0 Å². The fraction of sp³-hybridized carbons (Fsp3) is 0.308. The van der Waals surface area contributed by atoms with Gasteiger partial charge in [-0.1, -0.05) is 157 Å². The molecule has 4 aromatic carbocycles. The van der Waals surface area contributed by atoms with Crippen molar-refractivity contribution < 1.29 is 27.9 Å². The van der Waals surface area contributed by atoms with Gasteiger partial charge in [-0.15, -0.1) is 0 Å². The summed E-state index contributed by atoms with van der Waals surface area (Å²) >= 11 is 0. The van der Waals surface area contributed by atoms with Gasteiger partial charge in [-0.05, 0) is 51.5 Å². The lowest BCUT2D eigenvalue weighted by molar-refractivity contribution is 0.0544. The van der Waals surface area contributed by atoms with Gasteiger partial charge in [0, 0.05) is 11.1 Å². The average Bonchev–Trinajstić information content (AvgIpc) is 2.99. The molecule has 1 atom stereocenters. The molecule has 0 fully saturated rings. The number of hydrogen-bond acceptors (Lipinski definition) is 2. The molecule has 0 aliphatic heterocycles. The molecule has 4 nitrogen and oxygen atoms in total. The molecule has 0 aromatic heterocycles. The summed E-state index contributed by atoms with van der Waals surface area (Å²) in [5, 5.41) is 0. The Hall–Kier alpha value is -3.70. The summed E-state index contributed by atoms with van der Waals surface area (Å²) < 4.78 is 43.4. The number of allylic oxidation sites excluding steroid dienone is 1. The molecule has 7 heteroatoms. The minimum atomic E-state index is -5.86. The molecule has 4 rings (SSSR count). The second-order valence-corrected chi connectivity index (χ2v) is 15.6. The van der Waals surface area contributed by atoms with Crippen LogP contribution in [-0.4, -0.2) is 15.6 Å². The monoisotopic (exact) mass is 644 g/mol. The number of Topliss-reactive ketones (excluding diaryl/α,β-unsaturated/α-hetero) is 1. The number of benzene rings is 4. The zero-order chi connectivity index (χ0) is 34.0. The van der Waals surface area contributed by atoms with E-state index in [1.807, 2.05) is 112 Å². The number of ketones is 1. The summed E-state index contributed by atoms with van der Waals surface area (Å²) in [5.41, 5.74) is -4.19. The van der Waals surface area contributed by atoms with Crippen LogP contribution in [0.25, 0.3) is 6.08 Å². The molecule has 0 saturated carbocycles. The summed E-state index contributed by atoms with van der Waals surface area (Å²) in [6.07, 6.45) is 4.45. The van der Waals surface area contributed by atoms with E-state index in [0.717, 1.165) is 17.2 Å². The molecule has 0 aliphatic carbocycles. The second-order valence-electron chi connectivity index (χ2n) is 13.9. The van der Waals surface area contributed by atoms with Gasteiger partial charge in [-0.25, -0.2) is 0 Å². The predicted molar refractivity (Wildman–Crippen MR) is 182 cm³/mol. The van der Waals surface area contributed by atoms with Crippen LogP contribution in [0.4, 0.5) is 8.78 Å². The molecule has 0 radical (unpaired) electrons. The van der Waals surface area contributed by atoms with Crippen LogP contribution < -0.4 is 0 Å². The molecule has 0 saturated heterocycles. The molecule has 0 amide bonds. The summed E-state index contributed by atoms with van der Waals surface area (Å²) in [7, 11) is -5.86. The van der Waals surface area contributed by atoms with Crippen LogP contribution in [0.15, 0.2) is 109 Å². The molecule has 46 heavy (non-hydrogen) atoms. The maximum Gasteiger partial charge on any atom is 0.399 e. The smallest absolute Gasteiger partial charge is 0.320 e. The van der Waals surface area contributed by atoms with E-state index in [1.165, 1.54) is 6.07 Å². The van der Waals surface area contributed by atoms with Crippen molar-refractivity contribution in [1.29, 1.82) is 0 Å². The molecule has 0 heterocycles. The molecular formula is C39H43F2O4P. The molecule has 4 aromatic rings. The minimum absolute atomic E-state index is 0.112. The lowest BCUT2D eigenvalue weighted by Crippen LogP contribution is -2.39. The van der Waals surface area contributed by atoms with E-state index in [9.17, 15) is 19.1 Å². The van der Waals surface area contributed by atoms with Crippen molar-refractivity contribution in [2.75, 3.05) is 0 Å². The van der Waals surface area contributed by atoms with Crippen molar-refractivity contribution in [2.24, 2.45) is 0 Å². The van der Waals surface area contributed by atoms with Crippen molar-refractivity contribution in [3.05, 3.63) is 148 Å². The first-order valence-electron chi connectivity index (χ1n) is 15.4. The molecule has 0 spiro atoms. The largest absolute Gasteiger partial charge is 0.399 e. The third kappa shape index (κ3) is 7.31. The Kier molecular flexibility index (Phi) is 10.1. The lowest BCUT2D eigenvalue weighted by atomic mass is 9.64. The zero-order valence-corrected chi connectivity index (χ0v) is 28.2. The summed E-state index contributed by atoms with van der Waals surface area (Å²) in [6.45, 7) is 11.0.